The van der Waals surface area contributed by atoms with E-state index >= 15 is 0 Å². The van der Waals surface area contributed by atoms with Crippen LogP contribution in [0.3, 0.4) is 0 Å². The van der Waals surface area contributed by atoms with Crippen molar-refractivity contribution in [3.8, 4) is 0 Å². The first kappa shape index (κ1) is 14.8. The van der Waals surface area contributed by atoms with E-state index in [9.17, 15) is 9.59 Å². The first-order valence-corrected chi connectivity index (χ1v) is 6.41. The van der Waals surface area contributed by atoms with Crippen molar-refractivity contribution >= 4 is 12.0 Å². The van der Waals surface area contributed by atoms with E-state index in [-0.39, 0.29) is 24.7 Å². The smallest absolute Gasteiger partial charge is 0.323 e. The Morgan fingerprint density at radius 3 is 2.67 bits per heavy atom. The van der Waals surface area contributed by atoms with Gasteiger partial charge in [-0.1, -0.05) is 6.92 Å². The highest BCUT2D eigenvalue weighted by molar-refractivity contribution is 5.80. The molecular weight excluding hydrogens is 234 g/mol. The van der Waals surface area contributed by atoms with E-state index in [0.717, 1.165) is 25.9 Å². The lowest BCUT2D eigenvalue weighted by Crippen LogP contribution is -2.50. The Kier molecular flexibility index (Phi) is 5.40. The summed E-state index contributed by atoms with van der Waals surface area (Å²) in [5.41, 5.74) is 0. The normalized spacial score (nSPS) is 21.6. The van der Waals surface area contributed by atoms with Gasteiger partial charge in [-0.15, -0.1) is 0 Å². The number of carboxylic acids is 1. The summed E-state index contributed by atoms with van der Waals surface area (Å²) < 4.78 is 0. The van der Waals surface area contributed by atoms with Gasteiger partial charge in [0.25, 0.3) is 0 Å². The molecule has 1 fully saturated rings. The van der Waals surface area contributed by atoms with Crippen LogP contribution in [0.2, 0.25) is 0 Å². The van der Waals surface area contributed by atoms with E-state index in [1.807, 2.05) is 20.9 Å². The molecule has 1 saturated heterocycles. The van der Waals surface area contributed by atoms with Crippen LogP contribution in [0.4, 0.5) is 4.79 Å². The van der Waals surface area contributed by atoms with Crippen LogP contribution in [-0.2, 0) is 4.79 Å². The minimum atomic E-state index is -0.978. The number of hydrogen-bond donors (Lipinski definition) is 2. The number of likely N-dealkylation sites (N-methyl/N-ethyl adjacent to an activating group) is 1. The van der Waals surface area contributed by atoms with Crippen LogP contribution in [0.1, 0.15) is 26.7 Å². The molecule has 0 spiro atoms. The third-order valence-electron chi connectivity index (χ3n) is 3.41. The molecule has 1 aliphatic heterocycles. The third kappa shape index (κ3) is 4.18. The maximum absolute atomic E-state index is 12.1. The van der Waals surface area contributed by atoms with E-state index in [4.69, 9.17) is 5.11 Å². The van der Waals surface area contributed by atoms with Gasteiger partial charge < -0.3 is 20.2 Å². The lowest BCUT2D eigenvalue weighted by atomic mass is 10.2. The molecule has 6 heteroatoms. The molecule has 0 radical (unpaired) electrons. The molecule has 2 N–H and O–H groups in total. The van der Waals surface area contributed by atoms with E-state index in [1.54, 1.807) is 0 Å². The van der Waals surface area contributed by atoms with Crippen LogP contribution >= 0.6 is 0 Å². The quantitative estimate of drug-likeness (QED) is 0.756. The summed E-state index contributed by atoms with van der Waals surface area (Å²) in [4.78, 5) is 26.4. The summed E-state index contributed by atoms with van der Waals surface area (Å²) in [5, 5.41) is 11.8. The Hall–Kier alpha value is -1.30. The Morgan fingerprint density at radius 2 is 2.22 bits per heavy atom. The predicted octanol–water partition coefficient (Wildman–Crippen LogP) is 0.585. The summed E-state index contributed by atoms with van der Waals surface area (Å²) in [7, 11) is 2.01. The van der Waals surface area contributed by atoms with Gasteiger partial charge in [-0.3, -0.25) is 4.79 Å². The molecule has 2 unspecified atom stereocenters. The van der Waals surface area contributed by atoms with E-state index in [0.29, 0.717) is 0 Å². The van der Waals surface area contributed by atoms with Gasteiger partial charge >= 0.3 is 12.0 Å². The second-order valence-electron chi connectivity index (χ2n) is 4.98. The van der Waals surface area contributed by atoms with Gasteiger partial charge in [0, 0.05) is 18.6 Å². The van der Waals surface area contributed by atoms with Gasteiger partial charge in [0.2, 0.25) is 0 Å². The number of nitrogens with one attached hydrogen (secondary N) is 1. The molecule has 1 heterocycles. The van der Waals surface area contributed by atoms with Crippen molar-refractivity contribution in [3.63, 3.8) is 0 Å². The van der Waals surface area contributed by atoms with Gasteiger partial charge in [-0.25, -0.2) is 4.79 Å². The first-order valence-electron chi connectivity index (χ1n) is 6.41. The van der Waals surface area contributed by atoms with Gasteiger partial charge in [-0.2, -0.15) is 0 Å². The molecule has 0 bridgehead atoms. The molecule has 104 valence electrons. The Labute approximate surface area is 108 Å². The largest absolute Gasteiger partial charge is 0.480 e. The highest BCUT2D eigenvalue weighted by Crippen LogP contribution is 2.09. The van der Waals surface area contributed by atoms with Gasteiger partial charge in [-0.05, 0) is 33.4 Å². The van der Waals surface area contributed by atoms with Gasteiger partial charge in [0.15, 0.2) is 0 Å². The molecule has 0 aromatic rings. The second kappa shape index (κ2) is 6.58. The topological polar surface area (TPSA) is 72.9 Å². The number of urea groups is 1. The van der Waals surface area contributed by atoms with Crippen LogP contribution in [0, 0.1) is 0 Å². The lowest BCUT2D eigenvalue weighted by Gasteiger charge is -2.28. The number of carbonyl (C=O) groups is 2. The molecule has 2 amide bonds. The molecule has 0 aliphatic carbocycles. The highest BCUT2D eigenvalue weighted by atomic mass is 16.4. The lowest BCUT2D eigenvalue weighted by molar-refractivity contribution is -0.138. The highest BCUT2D eigenvalue weighted by Gasteiger charge is 2.26. The summed E-state index contributed by atoms with van der Waals surface area (Å²) in [6.07, 6.45) is 1.66. The minimum absolute atomic E-state index is 0.0692. The number of nitrogens with zero attached hydrogens (tertiary/aromatic N) is 2. The van der Waals surface area contributed by atoms with E-state index < -0.39 is 5.97 Å². The summed E-state index contributed by atoms with van der Waals surface area (Å²) >= 11 is 0. The summed E-state index contributed by atoms with van der Waals surface area (Å²) in [6.45, 7) is 5.35. The standard InChI is InChI=1S/C12H23N3O3/c1-4-9(2)15(8-11(16)17)12(18)13-10-5-6-14(3)7-10/h9-10H,4-8H2,1-3H3,(H,13,18)(H,16,17). The first-order chi connectivity index (χ1) is 8.43. The van der Waals surface area contributed by atoms with Gasteiger partial charge in [0.1, 0.15) is 6.54 Å². The molecule has 0 aromatic carbocycles. The van der Waals surface area contributed by atoms with Crippen molar-refractivity contribution < 1.29 is 14.7 Å². The van der Waals surface area contributed by atoms with Crippen molar-refractivity contribution in [1.29, 1.82) is 0 Å². The molecule has 18 heavy (non-hydrogen) atoms. The maximum atomic E-state index is 12.1. The fraction of sp³-hybridized carbons (Fsp3) is 0.833. The second-order valence-corrected chi connectivity index (χ2v) is 4.98. The van der Waals surface area contributed by atoms with Crippen LogP contribution in [0.5, 0.6) is 0 Å². The molecule has 2 atom stereocenters. The number of likely N-dealkylation sites (tertiary alicyclic amines) is 1. The minimum Gasteiger partial charge on any atom is -0.480 e. The summed E-state index contributed by atoms with van der Waals surface area (Å²) in [6, 6.07) is -0.213. The maximum Gasteiger partial charge on any atom is 0.323 e. The third-order valence-corrected chi connectivity index (χ3v) is 3.41. The Morgan fingerprint density at radius 1 is 1.56 bits per heavy atom. The molecule has 1 aliphatic rings. The Balaban J connectivity index is 2.55. The number of carbonyl (C=O) groups excluding carboxylic acids is 1. The molecule has 0 aromatic heterocycles. The molecule has 1 rings (SSSR count). The van der Waals surface area contributed by atoms with Crippen LogP contribution in [0.25, 0.3) is 0 Å². The summed E-state index contributed by atoms with van der Waals surface area (Å²) in [5.74, 6) is -0.978. The zero-order valence-corrected chi connectivity index (χ0v) is 11.3. The number of carboxylic acid groups (broad SMARTS) is 1. The number of rotatable bonds is 5. The van der Waals surface area contributed by atoms with Crippen molar-refractivity contribution in [1.82, 2.24) is 15.1 Å². The number of aliphatic carboxylic acids is 1. The zero-order chi connectivity index (χ0) is 13.7. The van der Waals surface area contributed by atoms with Crippen molar-refractivity contribution in [3.05, 3.63) is 0 Å². The SMILES string of the molecule is CCC(C)N(CC(=O)O)C(=O)NC1CCN(C)C1. The van der Waals surface area contributed by atoms with Crippen molar-refractivity contribution in [2.45, 2.75) is 38.8 Å². The molecule has 6 nitrogen and oxygen atoms in total. The fourth-order valence-electron chi connectivity index (χ4n) is 2.10. The average molecular weight is 257 g/mol. The number of amides is 2. The van der Waals surface area contributed by atoms with Crippen molar-refractivity contribution in [2.75, 3.05) is 26.7 Å². The Bertz CT molecular complexity index is 309. The molecular formula is C12H23N3O3. The van der Waals surface area contributed by atoms with E-state index in [1.165, 1.54) is 4.90 Å². The van der Waals surface area contributed by atoms with Crippen LogP contribution in [0.15, 0.2) is 0 Å². The van der Waals surface area contributed by atoms with E-state index in [2.05, 4.69) is 10.2 Å². The molecule has 0 saturated carbocycles. The van der Waals surface area contributed by atoms with Crippen molar-refractivity contribution in [2.24, 2.45) is 0 Å². The predicted molar refractivity (Wildman–Crippen MR) is 68.5 cm³/mol. The van der Waals surface area contributed by atoms with Gasteiger partial charge in [0.05, 0.1) is 0 Å². The van der Waals surface area contributed by atoms with Crippen LogP contribution < -0.4 is 5.32 Å². The zero-order valence-electron chi connectivity index (χ0n) is 11.3. The monoisotopic (exact) mass is 257 g/mol. The number of hydrogen-bond acceptors (Lipinski definition) is 3. The van der Waals surface area contributed by atoms with Crippen LogP contribution in [-0.4, -0.2) is 65.7 Å². The average Bonchev–Trinajstić information content (AvgIpc) is 2.70. The fourth-order valence-corrected chi connectivity index (χ4v) is 2.10.